The molecule has 3 nitrogen and oxygen atoms in total. The third-order valence-corrected chi connectivity index (χ3v) is 3.68. The smallest absolute Gasteiger partial charge is 0.356 e. The summed E-state index contributed by atoms with van der Waals surface area (Å²) in [6, 6.07) is 20.9. The maximum Gasteiger partial charge on any atom is 0.417 e. The average molecular weight is 356 g/mol. The van der Waals surface area contributed by atoms with Gasteiger partial charge in [-0.1, -0.05) is 30.3 Å². The van der Waals surface area contributed by atoms with Gasteiger partial charge >= 0.3 is 6.18 Å². The lowest BCUT2D eigenvalue weighted by atomic mass is 10.1. The zero-order chi connectivity index (χ0) is 18.6. The molecule has 1 amide bonds. The molecule has 0 unspecified atom stereocenters. The lowest BCUT2D eigenvalue weighted by Gasteiger charge is -2.13. The van der Waals surface area contributed by atoms with E-state index < -0.39 is 23.2 Å². The molecule has 0 saturated carbocycles. The maximum absolute atomic E-state index is 13.0. The molecule has 6 heteroatoms. The molecule has 0 heterocycles. The second-order valence-corrected chi connectivity index (χ2v) is 5.57. The third-order valence-electron chi connectivity index (χ3n) is 3.68. The van der Waals surface area contributed by atoms with Crippen molar-refractivity contribution in [1.29, 1.82) is 0 Å². The van der Waals surface area contributed by atoms with Crippen LogP contribution in [0.3, 0.4) is 0 Å². The van der Waals surface area contributed by atoms with Crippen LogP contribution in [0.25, 0.3) is 0 Å². The molecule has 2 N–H and O–H groups in total. The second-order valence-electron chi connectivity index (χ2n) is 5.57. The van der Waals surface area contributed by atoms with Crippen LogP contribution in [0, 0.1) is 0 Å². The molecular formula is C20H15F3N2O. The summed E-state index contributed by atoms with van der Waals surface area (Å²) in [5.74, 6) is -0.804. The Hall–Kier alpha value is -3.28. The van der Waals surface area contributed by atoms with E-state index in [1.165, 1.54) is 12.1 Å². The predicted molar refractivity (Wildman–Crippen MR) is 95.6 cm³/mol. The SMILES string of the molecule is O=C(Nc1ccc(Nc2ccccc2)cc1)c1ccccc1C(F)(F)F. The third kappa shape index (κ3) is 4.22. The van der Waals surface area contributed by atoms with E-state index in [9.17, 15) is 18.0 Å². The van der Waals surface area contributed by atoms with Crippen LogP contribution in [0.1, 0.15) is 15.9 Å². The van der Waals surface area contributed by atoms with Crippen molar-refractivity contribution in [3.63, 3.8) is 0 Å². The highest BCUT2D eigenvalue weighted by Crippen LogP contribution is 2.32. The zero-order valence-electron chi connectivity index (χ0n) is 13.5. The first kappa shape index (κ1) is 17.5. The quantitative estimate of drug-likeness (QED) is 0.629. The summed E-state index contributed by atoms with van der Waals surface area (Å²) in [5, 5.41) is 5.68. The number of nitrogens with one attached hydrogen (secondary N) is 2. The average Bonchev–Trinajstić information content (AvgIpc) is 2.63. The fraction of sp³-hybridized carbons (Fsp3) is 0.0500. The molecule has 0 spiro atoms. The van der Waals surface area contributed by atoms with Crippen LogP contribution in [0.15, 0.2) is 78.9 Å². The Kier molecular flexibility index (Phi) is 4.93. The molecular weight excluding hydrogens is 341 g/mol. The summed E-state index contributed by atoms with van der Waals surface area (Å²) >= 11 is 0. The highest BCUT2D eigenvalue weighted by atomic mass is 19.4. The van der Waals surface area contributed by atoms with Crippen LogP contribution in [-0.4, -0.2) is 5.91 Å². The summed E-state index contributed by atoms with van der Waals surface area (Å²) in [7, 11) is 0. The van der Waals surface area contributed by atoms with E-state index in [2.05, 4.69) is 10.6 Å². The van der Waals surface area contributed by atoms with Crippen LogP contribution >= 0.6 is 0 Å². The number of hydrogen-bond donors (Lipinski definition) is 2. The number of carbonyl (C=O) groups is 1. The number of alkyl halides is 3. The van der Waals surface area contributed by atoms with Gasteiger partial charge in [-0.3, -0.25) is 4.79 Å². The first-order valence-corrected chi connectivity index (χ1v) is 7.83. The minimum atomic E-state index is -4.59. The van der Waals surface area contributed by atoms with Crippen molar-refractivity contribution in [2.24, 2.45) is 0 Å². The van der Waals surface area contributed by atoms with Gasteiger partial charge < -0.3 is 10.6 Å². The van der Waals surface area contributed by atoms with Crippen LogP contribution in [0.5, 0.6) is 0 Å². The number of para-hydroxylation sites is 1. The van der Waals surface area contributed by atoms with Crippen molar-refractivity contribution >= 4 is 23.0 Å². The Balaban J connectivity index is 1.73. The Bertz CT molecular complexity index is 891. The summed E-state index contributed by atoms with van der Waals surface area (Å²) in [5.41, 5.74) is 0.741. The van der Waals surface area contributed by atoms with Crippen LogP contribution in [0.2, 0.25) is 0 Å². The van der Waals surface area contributed by atoms with Gasteiger partial charge in [-0.15, -0.1) is 0 Å². The maximum atomic E-state index is 13.0. The molecule has 3 rings (SSSR count). The molecule has 0 aliphatic carbocycles. The molecule has 3 aromatic carbocycles. The van der Waals surface area contributed by atoms with Gasteiger partial charge in [0.2, 0.25) is 0 Å². The van der Waals surface area contributed by atoms with Crippen molar-refractivity contribution in [3.8, 4) is 0 Å². The van der Waals surface area contributed by atoms with Crippen LogP contribution < -0.4 is 10.6 Å². The standard InChI is InChI=1S/C20H15F3N2O/c21-20(22,23)18-9-5-4-8-17(18)19(26)25-16-12-10-15(11-13-16)24-14-6-2-1-3-7-14/h1-13,24H,(H,25,26). The fourth-order valence-electron chi connectivity index (χ4n) is 2.45. The largest absolute Gasteiger partial charge is 0.417 e. The number of hydrogen-bond acceptors (Lipinski definition) is 2. The topological polar surface area (TPSA) is 41.1 Å². The monoisotopic (exact) mass is 356 g/mol. The van der Waals surface area contributed by atoms with Crippen molar-refractivity contribution in [1.82, 2.24) is 0 Å². The number of amides is 1. The van der Waals surface area contributed by atoms with E-state index in [4.69, 9.17) is 0 Å². The normalized spacial score (nSPS) is 11.0. The molecule has 0 aliphatic heterocycles. The summed E-state index contributed by atoms with van der Waals surface area (Å²) < 4.78 is 39.1. The summed E-state index contributed by atoms with van der Waals surface area (Å²) in [4.78, 5) is 12.2. The van der Waals surface area contributed by atoms with Crippen molar-refractivity contribution in [2.45, 2.75) is 6.18 Å². The number of benzene rings is 3. The Morgan fingerprint density at radius 3 is 1.88 bits per heavy atom. The van der Waals surface area contributed by atoms with Gasteiger partial charge in [0.25, 0.3) is 5.91 Å². The minimum Gasteiger partial charge on any atom is -0.356 e. The van der Waals surface area contributed by atoms with E-state index in [1.54, 1.807) is 24.3 Å². The van der Waals surface area contributed by atoms with E-state index in [0.717, 1.165) is 23.5 Å². The summed E-state index contributed by atoms with van der Waals surface area (Å²) in [6.45, 7) is 0. The van der Waals surface area contributed by atoms with Crippen LogP contribution in [0.4, 0.5) is 30.2 Å². The summed E-state index contributed by atoms with van der Waals surface area (Å²) in [6.07, 6.45) is -4.59. The van der Waals surface area contributed by atoms with E-state index in [0.29, 0.717) is 5.69 Å². The molecule has 0 saturated heterocycles. The van der Waals surface area contributed by atoms with Gasteiger partial charge in [0.1, 0.15) is 0 Å². The number of carbonyl (C=O) groups excluding carboxylic acids is 1. The molecule has 3 aromatic rings. The number of halogens is 3. The van der Waals surface area contributed by atoms with Gasteiger partial charge in [-0.05, 0) is 48.5 Å². The molecule has 0 aliphatic rings. The molecule has 0 radical (unpaired) electrons. The Morgan fingerprint density at radius 1 is 0.692 bits per heavy atom. The van der Waals surface area contributed by atoms with E-state index >= 15 is 0 Å². The van der Waals surface area contributed by atoms with Gasteiger partial charge in [-0.2, -0.15) is 13.2 Å². The first-order valence-electron chi connectivity index (χ1n) is 7.83. The highest BCUT2D eigenvalue weighted by Gasteiger charge is 2.34. The fourth-order valence-corrected chi connectivity index (χ4v) is 2.45. The first-order chi connectivity index (χ1) is 12.4. The van der Waals surface area contributed by atoms with E-state index in [-0.39, 0.29) is 0 Å². The van der Waals surface area contributed by atoms with Crippen LogP contribution in [-0.2, 0) is 6.18 Å². The predicted octanol–water partition coefficient (Wildman–Crippen LogP) is 5.70. The zero-order valence-corrected chi connectivity index (χ0v) is 13.5. The second kappa shape index (κ2) is 7.31. The molecule has 0 atom stereocenters. The Morgan fingerprint density at radius 2 is 1.23 bits per heavy atom. The minimum absolute atomic E-state index is 0.408. The molecule has 132 valence electrons. The lowest BCUT2D eigenvalue weighted by molar-refractivity contribution is -0.137. The Labute approximate surface area is 148 Å². The van der Waals surface area contributed by atoms with Crippen molar-refractivity contribution < 1.29 is 18.0 Å². The van der Waals surface area contributed by atoms with Gasteiger partial charge in [-0.25, -0.2) is 0 Å². The van der Waals surface area contributed by atoms with Crippen molar-refractivity contribution in [3.05, 3.63) is 90.0 Å². The molecule has 26 heavy (non-hydrogen) atoms. The van der Waals surface area contributed by atoms with Gasteiger partial charge in [0, 0.05) is 17.1 Å². The van der Waals surface area contributed by atoms with E-state index in [1.807, 2.05) is 30.3 Å². The number of anilines is 3. The van der Waals surface area contributed by atoms with Crippen molar-refractivity contribution in [2.75, 3.05) is 10.6 Å². The van der Waals surface area contributed by atoms with Gasteiger partial charge in [0.05, 0.1) is 11.1 Å². The molecule has 0 bridgehead atoms. The number of rotatable bonds is 4. The lowest BCUT2D eigenvalue weighted by Crippen LogP contribution is -2.18. The molecule has 0 aromatic heterocycles. The van der Waals surface area contributed by atoms with Gasteiger partial charge in [0.15, 0.2) is 0 Å². The highest BCUT2D eigenvalue weighted by molar-refractivity contribution is 6.05. The molecule has 0 fully saturated rings.